The molecule has 0 bridgehead atoms. The lowest BCUT2D eigenvalue weighted by molar-refractivity contribution is 0.171. The molecule has 1 aliphatic heterocycles. The minimum Gasteiger partial charge on any atom is -0.303 e. The second-order valence-electron chi connectivity index (χ2n) is 7.42. The van der Waals surface area contributed by atoms with Gasteiger partial charge in [-0.25, -0.2) is 0 Å². The first-order valence-corrected chi connectivity index (χ1v) is 11.2. The van der Waals surface area contributed by atoms with E-state index in [4.69, 9.17) is 4.18 Å². The largest absolute Gasteiger partial charge is 0.303 e. The first-order chi connectivity index (χ1) is 13.0. The van der Waals surface area contributed by atoms with Crippen LogP contribution in [0.5, 0.6) is 0 Å². The van der Waals surface area contributed by atoms with Crippen LogP contribution in [0.15, 0.2) is 59.5 Å². The van der Waals surface area contributed by atoms with E-state index in [1.807, 2.05) is 6.92 Å². The van der Waals surface area contributed by atoms with Gasteiger partial charge in [-0.15, -0.1) is 0 Å². The van der Waals surface area contributed by atoms with E-state index >= 15 is 0 Å². The van der Waals surface area contributed by atoms with Gasteiger partial charge < -0.3 is 4.90 Å². The van der Waals surface area contributed by atoms with Gasteiger partial charge in [-0.05, 0) is 69.3 Å². The average Bonchev–Trinajstić information content (AvgIpc) is 2.68. The normalized spacial score (nSPS) is 16.5. The van der Waals surface area contributed by atoms with Gasteiger partial charge in [-0.1, -0.05) is 48.0 Å². The molecular weight excluding hydrogens is 358 g/mol. The Hall–Kier alpha value is -1.69. The molecule has 0 saturated carbocycles. The topological polar surface area (TPSA) is 46.6 Å². The van der Waals surface area contributed by atoms with Gasteiger partial charge in [0, 0.05) is 6.54 Å². The predicted octanol–water partition coefficient (Wildman–Crippen LogP) is 4.05. The summed E-state index contributed by atoms with van der Waals surface area (Å²) in [5.41, 5.74) is 2.45. The summed E-state index contributed by atoms with van der Waals surface area (Å²) in [6, 6.07) is 17.5. The van der Waals surface area contributed by atoms with Crippen LogP contribution >= 0.6 is 0 Å². The zero-order valence-electron chi connectivity index (χ0n) is 16.0. The van der Waals surface area contributed by atoms with Crippen LogP contribution in [0.25, 0.3) is 0 Å². The minimum atomic E-state index is -3.64. The quantitative estimate of drug-likeness (QED) is 0.506. The van der Waals surface area contributed by atoms with Gasteiger partial charge in [0.2, 0.25) is 0 Å². The summed E-state index contributed by atoms with van der Waals surface area (Å²) in [6.07, 6.45) is 4.30. The third kappa shape index (κ3) is 6.16. The Bertz CT molecular complexity index is 795. The van der Waals surface area contributed by atoms with Crippen molar-refractivity contribution in [1.82, 2.24) is 4.90 Å². The highest BCUT2D eigenvalue weighted by Gasteiger charge is 2.20. The Morgan fingerprint density at radius 3 is 2.33 bits per heavy atom. The molecule has 0 spiro atoms. The van der Waals surface area contributed by atoms with Gasteiger partial charge in [0.05, 0.1) is 11.5 Å². The van der Waals surface area contributed by atoms with E-state index in [-0.39, 0.29) is 11.5 Å². The highest BCUT2D eigenvalue weighted by atomic mass is 32.2. The minimum absolute atomic E-state index is 0.231. The van der Waals surface area contributed by atoms with Crippen molar-refractivity contribution >= 4 is 10.1 Å². The standard InChI is InChI=1S/C22H29NO3S/c1-19-8-10-22(11-9-19)27(24,25)26-17-5-14-23-15-12-21(13-16-23)18-20-6-3-2-4-7-20/h2-4,6-11,21H,5,12-18H2,1H3. The van der Waals surface area contributed by atoms with Crippen LogP contribution < -0.4 is 0 Å². The molecule has 0 amide bonds. The van der Waals surface area contributed by atoms with Crippen molar-refractivity contribution in [1.29, 1.82) is 0 Å². The Labute approximate surface area is 163 Å². The van der Waals surface area contributed by atoms with Crippen molar-refractivity contribution in [2.45, 2.75) is 37.5 Å². The number of aryl methyl sites for hydroxylation is 1. The number of benzene rings is 2. The fourth-order valence-electron chi connectivity index (χ4n) is 3.59. The summed E-state index contributed by atoms with van der Waals surface area (Å²) in [5, 5.41) is 0. The van der Waals surface area contributed by atoms with Crippen molar-refractivity contribution < 1.29 is 12.6 Å². The third-order valence-corrected chi connectivity index (χ3v) is 6.57. The molecule has 0 unspecified atom stereocenters. The molecule has 5 heteroatoms. The molecule has 4 nitrogen and oxygen atoms in total. The Kier molecular flexibility index (Phi) is 7.05. The smallest absolute Gasteiger partial charge is 0.296 e. The molecule has 0 aromatic heterocycles. The summed E-state index contributed by atoms with van der Waals surface area (Å²) in [7, 11) is -3.64. The molecule has 1 fully saturated rings. The van der Waals surface area contributed by atoms with Crippen molar-refractivity contribution in [3.63, 3.8) is 0 Å². The van der Waals surface area contributed by atoms with Crippen LogP contribution in [-0.4, -0.2) is 39.6 Å². The van der Waals surface area contributed by atoms with E-state index in [2.05, 4.69) is 35.2 Å². The number of hydrogen-bond acceptors (Lipinski definition) is 4. The van der Waals surface area contributed by atoms with E-state index in [0.29, 0.717) is 0 Å². The Morgan fingerprint density at radius 1 is 1.00 bits per heavy atom. The first-order valence-electron chi connectivity index (χ1n) is 9.75. The summed E-state index contributed by atoms with van der Waals surface area (Å²) < 4.78 is 29.5. The highest BCUT2D eigenvalue weighted by Crippen LogP contribution is 2.22. The Morgan fingerprint density at radius 2 is 1.67 bits per heavy atom. The zero-order valence-corrected chi connectivity index (χ0v) is 16.8. The predicted molar refractivity (Wildman–Crippen MR) is 108 cm³/mol. The lowest BCUT2D eigenvalue weighted by Crippen LogP contribution is -2.35. The molecule has 0 aliphatic carbocycles. The van der Waals surface area contributed by atoms with Crippen molar-refractivity contribution in [3.8, 4) is 0 Å². The van der Waals surface area contributed by atoms with E-state index in [9.17, 15) is 8.42 Å². The van der Waals surface area contributed by atoms with Gasteiger partial charge in [-0.3, -0.25) is 4.18 Å². The second kappa shape index (κ2) is 9.49. The van der Waals surface area contributed by atoms with Gasteiger partial charge in [-0.2, -0.15) is 8.42 Å². The maximum Gasteiger partial charge on any atom is 0.296 e. The summed E-state index contributed by atoms with van der Waals surface area (Å²) >= 11 is 0. The lowest BCUT2D eigenvalue weighted by atomic mass is 9.90. The third-order valence-electron chi connectivity index (χ3n) is 5.24. The molecule has 3 rings (SSSR count). The first kappa shape index (κ1) is 20.1. The number of nitrogens with zero attached hydrogens (tertiary/aromatic N) is 1. The summed E-state index contributed by atoms with van der Waals surface area (Å²) in [4.78, 5) is 2.65. The maximum absolute atomic E-state index is 12.2. The van der Waals surface area contributed by atoms with Crippen LogP contribution in [-0.2, 0) is 20.7 Å². The zero-order chi connectivity index (χ0) is 19.1. The SMILES string of the molecule is Cc1ccc(S(=O)(=O)OCCCN2CCC(Cc3ccccc3)CC2)cc1. The number of rotatable bonds is 8. The summed E-state index contributed by atoms with van der Waals surface area (Å²) in [6.45, 7) is 5.23. The van der Waals surface area contributed by atoms with Crippen LogP contribution in [0.2, 0.25) is 0 Å². The molecule has 0 radical (unpaired) electrons. The van der Waals surface area contributed by atoms with Gasteiger partial charge >= 0.3 is 0 Å². The van der Waals surface area contributed by atoms with Crippen LogP contribution in [0.1, 0.15) is 30.4 Å². The van der Waals surface area contributed by atoms with E-state index in [1.54, 1.807) is 24.3 Å². The van der Waals surface area contributed by atoms with Gasteiger partial charge in [0.15, 0.2) is 0 Å². The highest BCUT2D eigenvalue weighted by molar-refractivity contribution is 7.86. The number of piperidine rings is 1. The molecule has 146 valence electrons. The molecule has 1 heterocycles. The van der Waals surface area contributed by atoms with Crippen molar-refractivity contribution in [3.05, 3.63) is 65.7 Å². The molecule has 27 heavy (non-hydrogen) atoms. The molecule has 0 atom stereocenters. The van der Waals surface area contributed by atoms with Crippen molar-refractivity contribution in [2.24, 2.45) is 5.92 Å². The van der Waals surface area contributed by atoms with Crippen LogP contribution in [0.4, 0.5) is 0 Å². The molecule has 1 saturated heterocycles. The van der Waals surface area contributed by atoms with Crippen LogP contribution in [0, 0.1) is 12.8 Å². The van der Waals surface area contributed by atoms with E-state index in [1.165, 1.54) is 18.4 Å². The molecular formula is C22H29NO3S. The van der Waals surface area contributed by atoms with Crippen molar-refractivity contribution in [2.75, 3.05) is 26.2 Å². The average molecular weight is 388 g/mol. The van der Waals surface area contributed by atoms with Gasteiger partial charge in [0.1, 0.15) is 0 Å². The fourth-order valence-corrected chi connectivity index (χ4v) is 4.53. The van der Waals surface area contributed by atoms with E-state index in [0.717, 1.165) is 44.0 Å². The molecule has 2 aromatic carbocycles. The van der Waals surface area contributed by atoms with E-state index < -0.39 is 10.1 Å². The second-order valence-corrected chi connectivity index (χ2v) is 9.03. The maximum atomic E-state index is 12.2. The van der Waals surface area contributed by atoms with Crippen LogP contribution in [0.3, 0.4) is 0 Å². The van der Waals surface area contributed by atoms with Gasteiger partial charge in [0.25, 0.3) is 10.1 Å². The lowest BCUT2D eigenvalue weighted by Gasteiger charge is -2.32. The number of likely N-dealkylation sites (tertiary alicyclic amines) is 1. The fraction of sp³-hybridized carbons (Fsp3) is 0.455. The molecule has 1 aliphatic rings. The number of hydrogen-bond donors (Lipinski definition) is 0. The Balaban J connectivity index is 1.35. The summed E-state index contributed by atoms with van der Waals surface area (Å²) in [5.74, 6) is 0.752. The molecule has 0 N–H and O–H groups in total. The molecule has 2 aromatic rings. The monoisotopic (exact) mass is 387 g/mol.